The number of aromatic nitrogens is 4. The fraction of sp³-hybridized carbons (Fsp3) is 0.467. The zero-order chi connectivity index (χ0) is 15.3. The van der Waals surface area contributed by atoms with Gasteiger partial charge in [0.1, 0.15) is 5.69 Å². The molecule has 0 saturated heterocycles. The Kier molecular flexibility index (Phi) is 2.88. The van der Waals surface area contributed by atoms with Crippen LogP contribution in [0.1, 0.15) is 30.7 Å². The van der Waals surface area contributed by atoms with E-state index in [4.69, 9.17) is 4.74 Å². The molecule has 2 N–H and O–H groups in total. The minimum absolute atomic E-state index is 0.305. The van der Waals surface area contributed by atoms with Crippen LogP contribution in [0.25, 0.3) is 11.3 Å². The Morgan fingerprint density at radius 2 is 2.09 bits per heavy atom. The smallest absolute Gasteiger partial charge is 0.325 e. The van der Waals surface area contributed by atoms with Crippen LogP contribution in [0.4, 0.5) is 0 Å². The summed E-state index contributed by atoms with van der Waals surface area (Å²) >= 11 is 0. The van der Waals surface area contributed by atoms with E-state index in [1.54, 1.807) is 7.11 Å². The van der Waals surface area contributed by atoms with Crippen LogP contribution in [0.3, 0.4) is 0 Å². The molecule has 0 aliphatic heterocycles. The Balaban J connectivity index is 1.75. The fourth-order valence-electron chi connectivity index (χ4n) is 3.17. The van der Waals surface area contributed by atoms with Crippen LogP contribution in [0.2, 0.25) is 0 Å². The predicted octanol–water partition coefficient (Wildman–Crippen LogP) is 1.04. The summed E-state index contributed by atoms with van der Waals surface area (Å²) in [5, 5.41) is 8.15. The molecule has 2 atom stereocenters. The fourth-order valence-corrected chi connectivity index (χ4v) is 3.17. The summed E-state index contributed by atoms with van der Waals surface area (Å²) in [5.74, 6) is 2.51. The molecule has 2 heterocycles. The SMILES string of the molecule is COc1nnc(-c2c[nH]c(=O)[nH]c2=O)cc1C1CC1C1CC1. The molecule has 4 rings (SSSR count). The van der Waals surface area contributed by atoms with Crippen molar-refractivity contribution >= 4 is 0 Å². The molecule has 2 aliphatic carbocycles. The molecule has 114 valence electrons. The predicted molar refractivity (Wildman–Crippen MR) is 78.8 cm³/mol. The molecule has 2 fully saturated rings. The van der Waals surface area contributed by atoms with Crippen molar-refractivity contribution in [1.29, 1.82) is 0 Å². The second-order valence-electron chi connectivity index (χ2n) is 6.02. The number of nitrogens with zero attached hydrogens (tertiary/aromatic N) is 2. The Labute approximate surface area is 125 Å². The minimum atomic E-state index is -0.536. The molecular formula is C15H16N4O3. The summed E-state index contributed by atoms with van der Waals surface area (Å²) in [4.78, 5) is 27.7. The van der Waals surface area contributed by atoms with Gasteiger partial charge in [0.15, 0.2) is 0 Å². The Bertz CT molecular complexity index is 837. The minimum Gasteiger partial charge on any atom is -0.480 e. The van der Waals surface area contributed by atoms with E-state index in [1.165, 1.54) is 19.0 Å². The maximum Gasteiger partial charge on any atom is 0.325 e. The number of H-pyrrole nitrogens is 2. The van der Waals surface area contributed by atoms with Gasteiger partial charge in [-0.3, -0.25) is 9.78 Å². The van der Waals surface area contributed by atoms with Crippen molar-refractivity contribution in [2.45, 2.75) is 25.2 Å². The first-order chi connectivity index (χ1) is 10.7. The highest BCUT2D eigenvalue weighted by Gasteiger charge is 2.49. The van der Waals surface area contributed by atoms with E-state index in [1.807, 2.05) is 6.07 Å². The number of rotatable bonds is 4. The van der Waals surface area contributed by atoms with Crippen LogP contribution in [-0.2, 0) is 0 Å². The third-order valence-electron chi connectivity index (χ3n) is 4.54. The lowest BCUT2D eigenvalue weighted by atomic mass is 10.1. The van der Waals surface area contributed by atoms with E-state index in [2.05, 4.69) is 20.2 Å². The lowest BCUT2D eigenvalue weighted by Gasteiger charge is -2.08. The van der Waals surface area contributed by atoms with E-state index < -0.39 is 11.2 Å². The summed E-state index contributed by atoms with van der Waals surface area (Å²) in [6, 6.07) is 1.86. The van der Waals surface area contributed by atoms with Crippen LogP contribution >= 0.6 is 0 Å². The number of aromatic amines is 2. The molecule has 7 nitrogen and oxygen atoms in total. The maximum absolute atomic E-state index is 11.9. The molecule has 0 bridgehead atoms. The first kappa shape index (κ1) is 13.2. The van der Waals surface area contributed by atoms with E-state index in [0.29, 0.717) is 29.0 Å². The van der Waals surface area contributed by atoms with Crippen molar-refractivity contribution in [1.82, 2.24) is 20.2 Å². The van der Waals surface area contributed by atoms with E-state index >= 15 is 0 Å². The molecule has 2 unspecified atom stereocenters. The zero-order valence-electron chi connectivity index (χ0n) is 12.1. The van der Waals surface area contributed by atoms with Gasteiger partial charge >= 0.3 is 5.69 Å². The van der Waals surface area contributed by atoms with Gasteiger partial charge in [-0.25, -0.2) is 4.79 Å². The first-order valence-corrected chi connectivity index (χ1v) is 7.41. The average Bonchev–Trinajstić information content (AvgIpc) is 3.38. The summed E-state index contributed by atoms with van der Waals surface area (Å²) in [7, 11) is 1.58. The van der Waals surface area contributed by atoms with Gasteiger partial charge in [0, 0.05) is 11.8 Å². The molecule has 2 saturated carbocycles. The molecule has 2 aliphatic rings. The largest absolute Gasteiger partial charge is 0.480 e. The highest BCUT2D eigenvalue weighted by atomic mass is 16.5. The number of hydrogen-bond acceptors (Lipinski definition) is 5. The van der Waals surface area contributed by atoms with Crippen LogP contribution < -0.4 is 16.0 Å². The van der Waals surface area contributed by atoms with Gasteiger partial charge in [-0.1, -0.05) is 0 Å². The topological polar surface area (TPSA) is 101 Å². The molecule has 2 aromatic heterocycles. The highest BCUT2D eigenvalue weighted by Crippen LogP contribution is 2.60. The monoisotopic (exact) mass is 300 g/mol. The Morgan fingerprint density at radius 3 is 2.77 bits per heavy atom. The number of ether oxygens (including phenoxy) is 1. The van der Waals surface area contributed by atoms with Crippen LogP contribution in [0.15, 0.2) is 21.9 Å². The third kappa shape index (κ3) is 2.22. The van der Waals surface area contributed by atoms with Gasteiger partial charge in [0.2, 0.25) is 5.88 Å². The van der Waals surface area contributed by atoms with Crippen molar-refractivity contribution in [3.63, 3.8) is 0 Å². The molecule has 0 radical (unpaired) electrons. The van der Waals surface area contributed by atoms with E-state index in [-0.39, 0.29) is 0 Å². The van der Waals surface area contributed by atoms with Crippen molar-refractivity contribution < 1.29 is 4.74 Å². The second-order valence-corrected chi connectivity index (χ2v) is 6.02. The standard InChI is InChI=1S/C15H16N4O3/c1-22-14-10(9-4-8(9)7-2-3-7)5-12(18-19-14)11-6-16-15(21)17-13(11)20/h5-9H,2-4H2,1H3,(H2,16,17,20,21). The quantitative estimate of drug-likeness (QED) is 0.878. The number of hydrogen-bond donors (Lipinski definition) is 2. The molecule has 2 aromatic rings. The summed E-state index contributed by atoms with van der Waals surface area (Å²) in [6.45, 7) is 0. The molecule has 7 heteroatoms. The summed E-state index contributed by atoms with van der Waals surface area (Å²) in [5.41, 5.74) is 0.763. The maximum atomic E-state index is 11.9. The zero-order valence-corrected chi connectivity index (χ0v) is 12.1. The van der Waals surface area contributed by atoms with Crippen molar-refractivity contribution in [2.75, 3.05) is 7.11 Å². The van der Waals surface area contributed by atoms with Gasteiger partial charge in [0.25, 0.3) is 5.56 Å². The molecule has 0 amide bonds. The first-order valence-electron chi connectivity index (χ1n) is 7.41. The van der Waals surface area contributed by atoms with E-state index in [9.17, 15) is 9.59 Å². The molecule has 0 spiro atoms. The lowest BCUT2D eigenvalue weighted by molar-refractivity contribution is 0.386. The van der Waals surface area contributed by atoms with Gasteiger partial charge in [-0.2, -0.15) is 0 Å². The van der Waals surface area contributed by atoms with Crippen molar-refractivity contribution in [3.8, 4) is 17.1 Å². The third-order valence-corrected chi connectivity index (χ3v) is 4.54. The molecule has 22 heavy (non-hydrogen) atoms. The number of methoxy groups -OCH3 is 1. The molecular weight excluding hydrogens is 284 g/mol. The lowest BCUT2D eigenvalue weighted by Crippen LogP contribution is -2.23. The normalized spacial score (nSPS) is 23.3. The van der Waals surface area contributed by atoms with Crippen LogP contribution in [-0.4, -0.2) is 27.3 Å². The van der Waals surface area contributed by atoms with Gasteiger partial charge in [-0.15, -0.1) is 10.2 Å². The van der Waals surface area contributed by atoms with Gasteiger partial charge < -0.3 is 9.72 Å². The van der Waals surface area contributed by atoms with Crippen LogP contribution in [0.5, 0.6) is 5.88 Å². The molecule has 0 aromatic carbocycles. The van der Waals surface area contributed by atoms with Crippen LogP contribution in [0, 0.1) is 11.8 Å². The van der Waals surface area contributed by atoms with E-state index in [0.717, 1.165) is 17.9 Å². The van der Waals surface area contributed by atoms with Crippen molar-refractivity contribution in [3.05, 3.63) is 38.7 Å². The van der Waals surface area contributed by atoms with Crippen molar-refractivity contribution in [2.24, 2.45) is 11.8 Å². The van der Waals surface area contributed by atoms with Gasteiger partial charge in [0.05, 0.1) is 12.7 Å². The summed E-state index contributed by atoms with van der Waals surface area (Å²) in [6.07, 6.45) is 5.14. The number of nitrogens with one attached hydrogen (secondary N) is 2. The average molecular weight is 300 g/mol. The highest BCUT2D eigenvalue weighted by molar-refractivity contribution is 5.58. The Morgan fingerprint density at radius 1 is 1.27 bits per heavy atom. The second kappa shape index (κ2) is 4.79. The Hall–Kier alpha value is -2.44. The summed E-state index contributed by atoms with van der Waals surface area (Å²) < 4.78 is 5.32. The van der Waals surface area contributed by atoms with Gasteiger partial charge in [-0.05, 0) is 43.1 Å².